The van der Waals surface area contributed by atoms with Crippen LogP contribution >= 0.6 is 0 Å². The summed E-state index contributed by atoms with van der Waals surface area (Å²) < 4.78 is 5.10. The van der Waals surface area contributed by atoms with Crippen LogP contribution in [0.3, 0.4) is 0 Å². The summed E-state index contributed by atoms with van der Waals surface area (Å²) in [5, 5.41) is 0. The van der Waals surface area contributed by atoms with E-state index in [1.54, 1.807) is 7.11 Å². The molecule has 0 aliphatic heterocycles. The van der Waals surface area contributed by atoms with Gasteiger partial charge in [0.25, 0.3) is 0 Å². The molecule has 1 rings (SSSR count). The zero-order valence-corrected chi connectivity index (χ0v) is 5.98. The molecule has 1 aliphatic carbocycles. The highest BCUT2D eigenvalue weighted by Crippen LogP contribution is 2.15. The van der Waals surface area contributed by atoms with Crippen molar-refractivity contribution in [3.8, 4) is 0 Å². The molecule has 0 amide bonds. The van der Waals surface area contributed by atoms with E-state index in [1.165, 1.54) is 11.9 Å². The summed E-state index contributed by atoms with van der Waals surface area (Å²) >= 11 is 0. The molecule has 0 N–H and O–H groups in total. The van der Waals surface area contributed by atoms with Gasteiger partial charge in [-0.2, -0.15) is 0 Å². The Bertz CT molecular complexity index is 158. The first kappa shape index (κ1) is 6.46. The fraction of sp³-hybridized carbons (Fsp3) is 0.429. The normalized spacial score (nSPS) is 18.3. The van der Waals surface area contributed by atoms with E-state index in [4.69, 9.17) is 4.74 Å². The maximum atomic E-state index is 5.10. The molecular formula is C7H11BO. The van der Waals surface area contributed by atoms with Gasteiger partial charge in [0, 0.05) is 0 Å². The maximum absolute atomic E-state index is 5.10. The molecule has 0 unspecified atom stereocenters. The Kier molecular flexibility index (Phi) is 1.98. The van der Waals surface area contributed by atoms with Crippen LogP contribution < -0.4 is 0 Å². The fourth-order valence-electron chi connectivity index (χ4n) is 1.02. The molecule has 0 aromatic carbocycles. The van der Waals surface area contributed by atoms with Gasteiger partial charge in [0.1, 0.15) is 13.6 Å². The average Bonchev–Trinajstić information content (AvgIpc) is 1.89. The summed E-state index contributed by atoms with van der Waals surface area (Å²) in [5.41, 5.74) is 1.27. The van der Waals surface area contributed by atoms with E-state index in [9.17, 15) is 0 Å². The molecule has 0 radical (unpaired) electrons. The lowest BCUT2D eigenvalue weighted by molar-refractivity contribution is 0.301. The second-order valence-corrected chi connectivity index (χ2v) is 2.24. The smallest absolute Gasteiger partial charge is 0.143 e. The fourth-order valence-corrected chi connectivity index (χ4v) is 1.02. The Balaban J connectivity index is 2.68. The van der Waals surface area contributed by atoms with Gasteiger partial charge in [0.2, 0.25) is 0 Å². The third-order valence-corrected chi connectivity index (χ3v) is 1.56. The van der Waals surface area contributed by atoms with E-state index in [0.29, 0.717) is 0 Å². The van der Waals surface area contributed by atoms with Crippen LogP contribution in [0.5, 0.6) is 0 Å². The minimum absolute atomic E-state index is 1.04. The van der Waals surface area contributed by atoms with Gasteiger partial charge in [0.15, 0.2) is 0 Å². The number of methoxy groups -OCH3 is 1. The standard InChI is InChI=1S/C7H11BO/c1-9-7-5-3-2-4-6(7)8/h4-5H,2-3,8H2,1H3. The second kappa shape index (κ2) is 2.76. The summed E-state index contributed by atoms with van der Waals surface area (Å²) in [5.74, 6) is 1.04. The van der Waals surface area contributed by atoms with E-state index in [2.05, 4.69) is 20.0 Å². The molecule has 0 heterocycles. The summed E-state index contributed by atoms with van der Waals surface area (Å²) in [7, 11) is 3.79. The molecule has 1 aliphatic rings. The summed E-state index contributed by atoms with van der Waals surface area (Å²) in [6.07, 6.45) is 6.63. The van der Waals surface area contributed by atoms with Gasteiger partial charge in [-0.05, 0) is 18.9 Å². The Hall–Kier alpha value is -0.655. The molecule has 0 fully saturated rings. The van der Waals surface area contributed by atoms with Crippen LogP contribution in [0.25, 0.3) is 0 Å². The third-order valence-electron chi connectivity index (χ3n) is 1.56. The van der Waals surface area contributed by atoms with E-state index >= 15 is 0 Å². The van der Waals surface area contributed by atoms with Crippen molar-refractivity contribution in [3.63, 3.8) is 0 Å². The maximum Gasteiger partial charge on any atom is 0.143 e. The molecule has 0 bridgehead atoms. The largest absolute Gasteiger partial charge is 0.498 e. The van der Waals surface area contributed by atoms with Crippen molar-refractivity contribution < 1.29 is 4.74 Å². The average molecular weight is 122 g/mol. The van der Waals surface area contributed by atoms with E-state index < -0.39 is 0 Å². The lowest BCUT2D eigenvalue weighted by Crippen LogP contribution is -1.96. The van der Waals surface area contributed by atoms with Crippen molar-refractivity contribution in [2.24, 2.45) is 0 Å². The zero-order chi connectivity index (χ0) is 6.69. The topological polar surface area (TPSA) is 9.23 Å². The van der Waals surface area contributed by atoms with Gasteiger partial charge >= 0.3 is 0 Å². The van der Waals surface area contributed by atoms with Gasteiger partial charge in [-0.25, -0.2) is 0 Å². The van der Waals surface area contributed by atoms with Gasteiger partial charge in [-0.15, -0.1) is 0 Å². The molecule has 0 saturated carbocycles. The number of hydrogen-bond acceptors (Lipinski definition) is 1. The predicted molar refractivity (Wildman–Crippen MR) is 41.0 cm³/mol. The Morgan fingerprint density at radius 3 is 2.56 bits per heavy atom. The highest BCUT2D eigenvalue weighted by atomic mass is 16.5. The quantitative estimate of drug-likeness (QED) is 0.468. The van der Waals surface area contributed by atoms with Gasteiger partial charge < -0.3 is 4.74 Å². The number of allylic oxidation sites excluding steroid dienone is 3. The monoisotopic (exact) mass is 122 g/mol. The highest BCUT2D eigenvalue weighted by molar-refractivity contribution is 6.24. The van der Waals surface area contributed by atoms with Crippen LogP contribution in [-0.4, -0.2) is 15.0 Å². The van der Waals surface area contributed by atoms with E-state index in [1.807, 2.05) is 0 Å². The minimum atomic E-state index is 1.04. The highest BCUT2D eigenvalue weighted by Gasteiger charge is 2.01. The Labute approximate surface area is 56.8 Å². The third kappa shape index (κ3) is 1.38. The SMILES string of the molecule is BC1=CCCC=C1OC. The minimum Gasteiger partial charge on any atom is -0.498 e. The van der Waals surface area contributed by atoms with Crippen LogP contribution in [-0.2, 0) is 4.74 Å². The molecule has 9 heavy (non-hydrogen) atoms. The first-order valence-corrected chi connectivity index (χ1v) is 3.26. The van der Waals surface area contributed by atoms with E-state index in [0.717, 1.165) is 12.2 Å². The first-order chi connectivity index (χ1) is 4.34. The molecule has 0 atom stereocenters. The van der Waals surface area contributed by atoms with Crippen LogP contribution in [0.2, 0.25) is 0 Å². The van der Waals surface area contributed by atoms with Crippen molar-refractivity contribution in [2.45, 2.75) is 12.8 Å². The number of hydrogen-bond donors (Lipinski definition) is 0. The van der Waals surface area contributed by atoms with Gasteiger partial charge in [0.05, 0.1) is 7.11 Å². The van der Waals surface area contributed by atoms with Crippen LogP contribution in [0.15, 0.2) is 23.4 Å². The molecular weight excluding hydrogens is 111 g/mol. The zero-order valence-electron chi connectivity index (χ0n) is 5.98. The summed E-state index contributed by atoms with van der Waals surface area (Å²) in [4.78, 5) is 0. The summed E-state index contributed by atoms with van der Waals surface area (Å²) in [6, 6.07) is 0. The van der Waals surface area contributed by atoms with Crippen LogP contribution in [0.1, 0.15) is 12.8 Å². The van der Waals surface area contributed by atoms with Crippen LogP contribution in [0.4, 0.5) is 0 Å². The van der Waals surface area contributed by atoms with Crippen molar-refractivity contribution in [2.75, 3.05) is 7.11 Å². The van der Waals surface area contributed by atoms with Crippen molar-refractivity contribution >= 4 is 7.85 Å². The molecule has 1 nitrogen and oxygen atoms in total. The second-order valence-electron chi connectivity index (χ2n) is 2.24. The molecule has 0 saturated heterocycles. The molecule has 0 aromatic rings. The van der Waals surface area contributed by atoms with E-state index in [-0.39, 0.29) is 0 Å². The Morgan fingerprint density at radius 1 is 1.44 bits per heavy atom. The Morgan fingerprint density at radius 2 is 2.11 bits per heavy atom. The van der Waals surface area contributed by atoms with Crippen molar-refractivity contribution in [1.29, 1.82) is 0 Å². The van der Waals surface area contributed by atoms with Crippen LogP contribution in [0, 0.1) is 0 Å². The van der Waals surface area contributed by atoms with Crippen molar-refractivity contribution in [1.82, 2.24) is 0 Å². The molecule has 0 spiro atoms. The lowest BCUT2D eigenvalue weighted by Gasteiger charge is -2.10. The number of rotatable bonds is 1. The van der Waals surface area contributed by atoms with Gasteiger partial charge in [-0.3, -0.25) is 0 Å². The summed E-state index contributed by atoms with van der Waals surface area (Å²) in [6.45, 7) is 0. The van der Waals surface area contributed by atoms with Crippen molar-refractivity contribution in [3.05, 3.63) is 23.4 Å². The van der Waals surface area contributed by atoms with Gasteiger partial charge in [-0.1, -0.05) is 11.5 Å². The molecule has 2 heteroatoms. The molecule has 48 valence electrons. The number of ether oxygens (including phenoxy) is 1. The molecule has 0 aromatic heterocycles. The lowest BCUT2D eigenvalue weighted by atomic mass is 9.89. The first-order valence-electron chi connectivity index (χ1n) is 3.26. The predicted octanol–water partition coefficient (Wildman–Crippen LogP) is 0.827.